The Morgan fingerprint density at radius 2 is 1.50 bits per heavy atom. The summed E-state index contributed by atoms with van der Waals surface area (Å²) in [6, 6.07) is 9.06. The van der Waals surface area contributed by atoms with E-state index in [1.807, 2.05) is 12.2 Å². The van der Waals surface area contributed by atoms with Crippen LogP contribution in [0.3, 0.4) is 0 Å². The topological polar surface area (TPSA) is 0 Å². The first-order valence-electron chi connectivity index (χ1n) is 8.36. The van der Waals surface area contributed by atoms with Crippen LogP contribution in [0.2, 0.25) is 0 Å². The van der Waals surface area contributed by atoms with Crippen LogP contribution in [-0.2, 0) is 0 Å². The zero-order valence-corrected chi connectivity index (χ0v) is 16.4. The molecule has 122 valence electrons. The van der Waals surface area contributed by atoms with Crippen molar-refractivity contribution in [1.29, 1.82) is 0 Å². The summed E-state index contributed by atoms with van der Waals surface area (Å²) in [5, 5.41) is 5.66. The molecule has 0 aliphatic heterocycles. The van der Waals surface area contributed by atoms with Crippen LogP contribution < -0.4 is 21.0 Å². The molecule has 0 spiro atoms. The van der Waals surface area contributed by atoms with E-state index in [1.54, 1.807) is 0 Å². The Kier molecular flexibility index (Phi) is 5.50. The Hall–Kier alpha value is -1.48. The van der Waals surface area contributed by atoms with E-state index >= 15 is 0 Å². The monoisotopic (exact) mass is 350 g/mol. The number of fused-ring (bicyclic) bond motifs is 1. The molecule has 0 aromatic heterocycles. The van der Waals surface area contributed by atoms with Gasteiger partial charge in [-0.1, -0.05) is 78.9 Å². The molecule has 0 heterocycles. The van der Waals surface area contributed by atoms with Crippen molar-refractivity contribution in [3.8, 4) is 11.1 Å². The van der Waals surface area contributed by atoms with Crippen LogP contribution in [0, 0.1) is 0 Å². The quantitative estimate of drug-likeness (QED) is 0.719. The first-order valence-corrected chi connectivity index (χ1v) is 11.4. The van der Waals surface area contributed by atoms with Gasteiger partial charge >= 0.3 is 0 Å². The van der Waals surface area contributed by atoms with Gasteiger partial charge in [-0.2, -0.15) is 0 Å². The molecule has 0 fully saturated rings. The molecular formula is C22H24P2. The van der Waals surface area contributed by atoms with Gasteiger partial charge in [0.15, 0.2) is 0 Å². The molecule has 2 aromatic rings. The molecule has 2 atom stereocenters. The van der Waals surface area contributed by atoms with E-state index in [0.717, 1.165) is 30.0 Å². The van der Waals surface area contributed by atoms with Crippen molar-refractivity contribution < 1.29 is 0 Å². The van der Waals surface area contributed by atoms with Gasteiger partial charge in [-0.05, 0) is 69.5 Å². The molecule has 1 aliphatic rings. The second kappa shape index (κ2) is 7.60. The summed E-state index contributed by atoms with van der Waals surface area (Å²) in [6.07, 6.45) is 11.0. The summed E-state index contributed by atoms with van der Waals surface area (Å²) in [6.45, 7) is 12.6. The molecule has 3 rings (SSSR count). The fraction of sp³-hybridized carbons (Fsp3) is 0.182. The summed E-state index contributed by atoms with van der Waals surface area (Å²) in [7, 11) is 1.54. The lowest BCUT2D eigenvalue weighted by Gasteiger charge is -2.19. The lowest BCUT2D eigenvalue weighted by Crippen LogP contribution is -2.34. The maximum atomic E-state index is 4.11. The fourth-order valence-corrected chi connectivity index (χ4v) is 5.01. The van der Waals surface area contributed by atoms with Gasteiger partial charge in [0.2, 0.25) is 0 Å². The number of rotatable bonds is 5. The van der Waals surface area contributed by atoms with Crippen LogP contribution >= 0.6 is 17.2 Å². The summed E-state index contributed by atoms with van der Waals surface area (Å²) in [4.78, 5) is 0. The highest BCUT2D eigenvalue weighted by Gasteiger charge is 2.16. The summed E-state index contributed by atoms with van der Waals surface area (Å²) < 4.78 is 0. The van der Waals surface area contributed by atoms with Crippen LogP contribution in [0.15, 0.2) is 37.4 Å². The van der Waals surface area contributed by atoms with E-state index in [0.29, 0.717) is 0 Å². The van der Waals surface area contributed by atoms with Crippen molar-refractivity contribution >= 4 is 52.1 Å². The van der Waals surface area contributed by atoms with Gasteiger partial charge < -0.3 is 0 Å². The first-order chi connectivity index (χ1) is 11.7. The lowest BCUT2D eigenvalue weighted by molar-refractivity contribution is 1.12. The van der Waals surface area contributed by atoms with Crippen LogP contribution in [0.1, 0.15) is 24.0 Å². The average Bonchev–Trinajstić information content (AvgIpc) is 2.65. The molecule has 0 saturated heterocycles. The molecule has 2 aromatic carbocycles. The highest BCUT2D eigenvalue weighted by atomic mass is 31.1. The molecule has 0 saturated carbocycles. The first kappa shape index (κ1) is 17.3. The van der Waals surface area contributed by atoms with Crippen molar-refractivity contribution in [2.75, 3.05) is 13.3 Å². The third kappa shape index (κ3) is 2.95. The highest BCUT2D eigenvalue weighted by Crippen LogP contribution is 2.29. The van der Waals surface area contributed by atoms with Crippen molar-refractivity contribution in [1.82, 2.24) is 0 Å². The number of benzene rings is 2. The SMILES string of the molecule is C=Cc1ccc(PC)c(-c2c(PC)ccc3c2=CCCC=3)c1C=C. The predicted molar refractivity (Wildman–Crippen MR) is 117 cm³/mol. The summed E-state index contributed by atoms with van der Waals surface area (Å²) in [5.74, 6) is 0. The van der Waals surface area contributed by atoms with Crippen LogP contribution in [-0.4, -0.2) is 13.3 Å². The molecule has 0 nitrogen and oxygen atoms in total. The normalized spacial score (nSPS) is 13.8. The van der Waals surface area contributed by atoms with Gasteiger partial charge in [-0.15, -0.1) is 0 Å². The standard InChI is InChI=1S/C22H24P2/c1-5-15-11-13-19(23-3)21(17(15)6-2)22-18-10-8-7-9-16(18)12-14-20(22)24-4/h5-6,9-14,23-24H,1-2,7-8H2,3-4H3. The lowest BCUT2D eigenvalue weighted by atomic mass is 9.91. The Labute approximate surface area is 148 Å². The largest absolute Gasteiger partial charge is 0.0984 e. The number of hydrogen-bond donors (Lipinski definition) is 0. The second-order valence-electron chi connectivity index (χ2n) is 5.88. The van der Waals surface area contributed by atoms with Crippen LogP contribution in [0.5, 0.6) is 0 Å². The Morgan fingerprint density at radius 1 is 0.833 bits per heavy atom. The van der Waals surface area contributed by atoms with Crippen molar-refractivity contribution in [3.63, 3.8) is 0 Å². The van der Waals surface area contributed by atoms with E-state index < -0.39 is 0 Å². The Balaban J connectivity index is 2.51. The van der Waals surface area contributed by atoms with Crippen LogP contribution in [0.25, 0.3) is 35.4 Å². The molecule has 0 N–H and O–H groups in total. The van der Waals surface area contributed by atoms with Crippen molar-refractivity contribution in [2.45, 2.75) is 12.8 Å². The summed E-state index contributed by atoms with van der Waals surface area (Å²) >= 11 is 0. The van der Waals surface area contributed by atoms with E-state index in [1.165, 1.54) is 43.3 Å². The van der Waals surface area contributed by atoms with Gasteiger partial charge in [0.25, 0.3) is 0 Å². The van der Waals surface area contributed by atoms with Gasteiger partial charge in [-0.3, -0.25) is 0 Å². The molecule has 2 heteroatoms. The third-order valence-corrected chi connectivity index (χ3v) is 6.56. The minimum Gasteiger partial charge on any atom is -0.0984 e. The highest BCUT2D eigenvalue weighted by molar-refractivity contribution is 7.47. The zero-order valence-electron chi connectivity index (χ0n) is 14.4. The maximum absolute atomic E-state index is 4.11. The van der Waals surface area contributed by atoms with Crippen molar-refractivity contribution in [2.24, 2.45) is 0 Å². The molecule has 1 aliphatic carbocycles. The Morgan fingerprint density at radius 3 is 2.17 bits per heavy atom. The van der Waals surface area contributed by atoms with Gasteiger partial charge in [0, 0.05) is 0 Å². The van der Waals surface area contributed by atoms with Crippen LogP contribution in [0.4, 0.5) is 0 Å². The Bertz CT molecular complexity index is 920. The average molecular weight is 350 g/mol. The van der Waals surface area contributed by atoms with E-state index in [2.05, 4.69) is 62.9 Å². The molecule has 0 radical (unpaired) electrons. The molecule has 24 heavy (non-hydrogen) atoms. The smallest absolute Gasteiger partial charge is 0.00189 e. The molecule has 0 bridgehead atoms. The molecule has 0 amide bonds. The zero-order chi connectivity index (χ0) is 17.1. The van der Waals surface area contributed by atoms with Gasteiger partial charge in [0.05, 0.1) is 0 Å². The third-order valence-electron chi connectivity index (χ3n) is 4.65. The van der Waals surface area contributed by atoms with Gasteiger partial charge in [-0.25, -0.2) is 0 Å². The summed E-state index contributed by atoms with van der Waals surface area (Å²) in [5.41, 5.74) is 5.19. The molecular weight excluding hydrogens is 326 g/mol. The fourth-order valence-electron chi connectivity index (χ4n) is 3.49. The van der Waals surface area contributed by atoms with Crippen molar-refractivity contribution in [3.05, 3.63) is 59.0 Å². The minimum absolute atomic E-state index is 0.760. The maximum Gasteiger partial charge on any atom is -0.00189 e. The van der Waals surface area contributed by atoms with E-state index in [9.17, 15) is 0 Å². The number of hydrogen-bond acceptors (Lipinski definition) is 0. The van der Waals surface area contributed by atoms with Gasteiger partial charge in [0.1, 0.15) is 0 Å². The molecule has 2 unspecified atom stereocenters. The van der Waals surface area contributed by atoms with E-state index in [-0.39, 0.29) is 0 Å². The minimum atomic E-state index is 0.760. The van der Waals surface area contributed by atoms with E-state index in [4.69, 9.17) is 0 Å². The second-order valence-corrected chi connectivity index (χ2v) is 7.95. The predicted octanol–water partition coefficient (Wildman–Crippen LogP) is 3.86.